The molecule has 0 aromatic heterocycles. The van der Waals surface area contributed by atoms with E-state index in [4.69, 9.17) is 8.66 Å². The van der Waals surface area contributed by atoms with Crippen LogP contribution in [0.4, 0.5) is 0 Å². The molecule has 2 fully saturated rings. The molecule has 0 spiro atoms. The minimum atomic E-state index is -2.68. The summed E-state index contributed by atoms with van der Waals surface area (Å²) in [4.78, 5) is 1.50. The lowest BCUT2D eigenvalue weighted by Gasteiger charge is -2.19. The summed E-state index contributed by atoms with van der Waals surface area (Å²) in [5.74, 6) is 0. The lowest BCUT2D eigenvalue weighted by atomic mass is 10.2. The van der Waals surface area contributed by atoms with Crippen molar-refractivity contribution in [3.05, 3.63) is 60.7 Å². The van der Waals surface area contributed by atoms with Crippen molar-refractivity contribution in [2.75, 3.05) is 13.2 Å². The lowest BCUT2D eigenvalue weighted by molar-refractivity contribution is 0.341. The van der Waals surface area contributed by atoms with Crippen LogP contribution in [0, 0.1) is 0 Å². The second-order valence-corrected chi connectivity index (χ2v) is 9.67. The Balaban J connectivity index is 1.83. The van der Waals surface area contributed by atoms with Crippen molar-refractivity contribution < 1.29 is 8.73 Å². The molecule has 2 aromatic carbocycles. The van der Waals surface area contributed by atoms with E-state index in [1.165, 1.54) is 6.42 Å². The van der Waals surface area contributed by atoms with E-state index in [-0.39, 0.29) is 0 Å². The number of hydrogen-bond acceptors (Lipinski definition) is 4. The van der Waals surface area contributed by atoms with Crippen LogP contribution in [-0.4, -0.2) is 28.1 Å². The van der Waals surface area contributed by atoms with Gasteiger partial charge in [-0.3, -0.25) is 0 Å². The van der Waals surface area contributed by atoms with Gasteiger partial charge >= 0.3 is 0 Å². The van der Waals surface area contributed by atoms with Gasteiger partial charge in [-0.15, -0.1) is 0 Å². The van der Waals surface area contributed by atoms with Crippen molar-refractivity contribution in [1.29, 1.82) is 0 Å². The first kappa shape index (κ1) is 15.3. The first-order chi connectivity index (χ1) is 11.3. The van der Waals surface area contributed by atoms with Crippen LogP contribution in [0.25, 0.3) is 0 Å². The molecule has 2 saturated heterocycles. The molecule has 0 amide bonds. The van der Waals surface area contributed by atoms with Crippen LogP contribution in [0.1, 0.15) is 12.8 Å². The van der Waals surface area contributed by atoms with Gasteiger partial charge in [0.25, 0.3) is 0 Å². The molecule has 6 heteroatoms. The molecule has 2 aliphatic heterocycles. The Kier molecular flexibility index (Phi) is 4.20. The smallest absolute Gasteiger partial charge is 0.247 e. The standard InChI is InChI=1S/C17H19N2O2PS/c20-23(16-9-3-1-4-10-16,17-11-5-2-6-12-17)18-22-19-13-7-8-15(19)14-21-22/h1-6,9-12,15H,7-8,13-14H2/t15-,22?/m0/s1. The second kappa shape index (κ2) is 6.33. The van der Waals surface area contributed by atoms with E-state index in [2.05, 4.69) is 4.67 Å². The monoisotopic (exact) mass is 346 g/mol. The van der Waals surface area contributed by atoms with E-state index in [1.807, 2.05) is 60.7 Å². The Hall–Kier alpha value is -1.26. The predicted molar refractivity (Wildman–Crippen MR) is 92.6 cm³/mol. The normalized spacial score (nSPS) is 24.5. The number of benzene rings is 2. The van der Waals surface area contributed by atoms with Gasteiger partial charge in [0, 0.05) is 12.6 Å². The molecule has 0 bridgehead atoms. The fourth-order valence-electron chi connectivity index (χ4n) is 3.05. The van der Waals surface area contributed by atoms with Gasteiger partial charge in [0.1, 0.15) is 9.73 Å². The molecule has 4 rings (SSSR count). The van der Waals surface area contributed by atoms with Crippen molar-refractivity contribution in [3.8, 4) is 0 Å². The van der Waals surface area contributed by atoms with E-state index in [1.54, 1.807) is 0 Å². The van der Waals surface area contributed by atoms with Crippen LogP contribution >= 0.6 is 8.45 Å². The minimum absolute atomic E-state index is 0.458. The summed E-state index contributed by atoms with van der Waals surface area (Å²) in [7, 11) is -3.82. The first-order valence-corrected chi connectivity index (χ1v) is 10.5. The summed E-state index contributed by atoms with van der Waals surface area (Å²) in [5.41, 5.74) is 0. The third-order valence-electron chi connectivity index (χ3n) is 4.26. The molecule has 0 radical (unpaired) electrons. The molecule has 0 N–H and O–H groups in total. The van der Waals surface area contributed by atoms with Crippen LogP contribution in [0.3, 0.4) is 0 Å². The highest BCUT2D eigenvalue weighted by molar-refractivity contribution is 7.96. The van der Waals surface area contributed by atoms with E-state index < -0.39 is 18.2 Å². The average Bonchev–Trinajstić information content (AvgIpc) is 3.21. The van der Waals surface area contributed by atoms with Gasteiger partial charge in [-0.25, -0.2) is 8.88 Å². The van der Waals surface area contributed by atoms with E-state index >= 15 is 0 Å². The molecule has 1 unspecified atom stereocenters. The third kappa shape index (κ3) is 2.83. The topological polar surface area (TPSA) is 41.9 Å². The number of rotatable bonds is 3. The van der Waals surface area contributed by atoms with Gasteiger partial charge in [0.15, 0.2) is 0 Å². The number of hydrogen-bond donors (Lipinski definition) is 0. The molecule has 2 heterocycles. The van der Waals surface area contributed by atoms with Gasteiger partial charge in [-0.2, -0.15) is 4.13 Å². The lowest BCUT2D eigenvalue weighted by Crippen LogP contribution is -2.19. The highest BCUT2D eigenvalue weighted by Crippen LogP contribution is 2.55. The van der Waals surface area contributed by atoms with Crippen LogP contribution in [-0.2, 0) is 14.3 Å². The number of fused-ring (bicyclic) bond motifs is 1. The highest BCUT2D eigenvalue weighted by Gasteiger charge is 2.39. The Morgan fingerprint density at radius 1 is 1.04 bits per heavy atom. The molecule has 0 saturated carbocycles. The maximum absolute atomic E-state index is 13.9. The van der Waals surface area contributed by atoms with Crippen molar-refractivity contribution in [1.82, 2.24) is 4.67 Å². The van der Waals surface area contributed by atoms with Crippen molar-refractivity contribution in [2.45, 2.75) is 28.7 Å². The third-order valence-corrected chi connectivity index (χ3v) is 8.91. The molecule has 2 aromatic rings. The van der Waals surface area contributed by atoms with Crippen LogP contribution in [0.2, 0.25) is 0 Å². The van der Waals surface area contributed by atoms with Crippen molar-refractivity contribution in [2.24, 2.45) is 4.13 Å². The van der Waals surface area contributed by atoms with Gasteiger partial charge < -0.3 is 4.52 Å². The average molecular weight is 346 g/mol. The Morgan fingerprint density at radius 3 is 2.26 bits per heavy atom. The molecule has 2 aliphatic rings. The van der Waals surface area contributed by atoms with E-state index in [9.17, 15) is 4.21 Å². The predicted octanol–water partition coefficient (Wildman–Crippen LogP) is 4.29. The minimum Gasteiger partial charge on any atom is -0.324 e. The first-order valence-electron chi connectivity index (χ1n) is 7.84. The van der Waals surface area contributed by atoms with E-state index in [0.717, 1.165) is 22.8 Å². The van der Waals surface area contributed by atoms with Gasteiger partial charge in [0.2, 0.25) is 8.45 Å². The highest BCUT2D eigenvalue weighted by atomic mass is 32.2. The summed E-state index contributed by atoms with van der Waals surface area (Å²) in [6.07, 6.45) is 2.34. The quantitative estimate of drug-likeness (QED) is 0.779. The Bertz CT molecular complexity index is 745. The second-order valence-electron chi connectivity index (χ2n) is 5.74. The van der Waals surface area contributed by atoms with Crippen molar-refractivity contribution >= 4 is 18.2 Å². The number of nitrogens with zero attached hydrogens (tertiary/aromatic N) is 2. The SMILES string of the molecule is O=S(=NP1OC[C@@H]2CCCN21)(c1ccccc1)c1ccccc1. The van der Waals surface area contributed by atoms with Gasteiger partial charge in [0.05, 0.1) is 16.4 Å². The summed E-state index contributed by atoms with van der Waals surface area (Å²) in [5, 5.41) is 0. The molecule has 4 nitrogen and oxygen atoms in total. The maximum Gasteiger partial charge on any atom is 0.247 e. The van der Waals surface area contributed by atoms with Crippen LogP contribution < -0.4 is 0 Å². The summed E-state index contributed by atoms with van der Waals surface area (Å²) < 4.78 is 26.9. The Labute approximate surface area is 138 Å². The zero-order valence-electron chi connectivity index (χ0n) is 12.7. The summed E-state index contributed by atoms with van der Waals surface area (Å²) in [6.45, 7) is 1.72. The molecular formula is C17H19N2O2PS. The molecule has 2 atom stereocenters. The van der Waals surface area contributed by atoms with E-state index in [0.29, 0.717) is 12.6 Å². The largest absolute Gasteiger partial charge is 0.324 e. The molecule has 23 heavy (non-hydrogen) atoms. The van der Waals surface area contributed by atoms with Gasteiger partial charge in [-0.1, -0.05) is 36.4 Å². The molecule has 120 valence electrons. The fourth-order valence-corrected chi connectivity index (χ4v) is 7.71. The summed E-state index contributed by atoms with van der Waals surface area (Å²) in [6, 6.07) is 19.5. The van der Waals surface area contributed by atoms with Crippen LogP contribution in [0.5, 0.6) is 0 Å². The maximum atomic E-state index is 13.9. The Morgan fingerprint density at radius 2 is 1.65 bits per heavy atom. The zero-order valence-corrected chi connectivity index (χ0v) is 14.5. The zero-order chi connectivity index (χ0) is 15.7. The summed E-state index contributed by atoms with van der Waals surface area (Å²) >= 11 is 0. The van der Waals surface area contributed by atoms with Crippen LogP contribution in [0.15, 0.2) is 74.6 Å². The van der Waals surface area contributed by atoms with Gasteiger partial charge in [-0.05, 0) is 37.1 Å². The molecule has 0 aliphatic carbocycles. The van der Waals surface area contributed by atoms with Crippen molar-refractivity contribution in [3.63, 3.8) is 0 Å². The fraction of sp³-hybridized carbons (Fsp3) is 0.294. The molecular weight excluding hydrogens is 327 g/mol.